The highest BCUT2D eigenvalue weighted by Gasteiger charge is 2.65. The summed E-state index contributed by atoms with van der Waals surface area (Å²) in [6, 6.07) is 8.76. The van der Waals surface area contributed by atoms with Gasteiger partial charge in [0.05, 0.1) is 15.7 Å². The third-order valence-electron chi connectivity index (χ3n) is 14.8. The van der Waals surface area contributed by atoms with E-state index < -0.39 is 32.5 Å². The first-order chi connectivity index (χ1) is 20.9. The summed E-state index contributed by atoms with van der Waals surface area (Å²) < 4.78 is 70.3. The molecule has 5 aliphatic carbocycles. The molecule has 2 N–H and O–H groups in total. The van der Waals surface area contributed by atoms with Crippen LogP contribution in [0.15, 0.2) is 35.2 Å². The first-order valence-electron chi connectivity index (χ1n) is 17.7. The van der Waals surface area contributed by atoms with Gasteiger partial charge in [0.2, 0.25) is 0 Å². The van der Waals surface area contributed by atoms with Crippen molar-refractivity contribution in [2.45, 2.75) is 145 Å². The lowest BCUT2D eigenvalue weighted by atomic mass is 9.43. The normalized spacial score (nSPS) is 45.2. The smallest absolute Gasteiger partial charge is 0.390 e. The molecule has 0 amide bonds. The zero-order valence-corrected chi connectivity index (χ0v) is 28.5. The minimum Gasteiger partial charge on any atom is -0.390 e. The molecule has 0 aromatic heterocycles. The number of rotatable bonds is 6. The van der Waals surface area contributed by atoms with Crippen LogP contribution in [0.3, 0.4) is 0 Å². The number of hydrogen-bond acceptors (Lipinski definition) is 4. The number of halogens is 3. The maximum Gasteiger partial charge on any atom is 0.417 e. The summed E-state index contributed by atoms with van der Waals surface area (Å²) in [6.07, 6.45) is 4.30. The number of sulfone groups is 1. The van der Waals surface area contributed by atoms with Gasteiger partial charge in [-0.3, -0.25) is 0 Å². The van der Waals surface area contributed by atoms with E-state index in [-0.39, 0.29) is 47.8 Å². The van der Waals surface area contributed by atoms with Gasteiger partial charge in [0, 0.05) is 0 Å². The van der Waals surface area contributed by atoms with Crippen molar-refractivity contribution in [1.29, 1.82) is 0 Å². The molecular formula is C37H55F3O4S. The van der Waals surface area contributed by atoms with Crippen LogP contribution in [0.2, 0.25) is 0 Å². The topological polar surface area (TPSA) is 74.6 Å². The van der Waals surface area contributed by atoms with Crippen molar-refractivity contribution < 1.29 is 31.8 Å². The summed E-state index contributed by atoms with van der Waals surface area (Å²) in [7, 11) is -3.70. The van der Waals surface area contributed by atoms with Gasteiger partial charge >= 0.3 is 6.18 Å². The summed E-state index contributed by atoms with van der Waals surface area (Å²) >= 11 is 0. The second-order valence-corrected chi connectivity index (χ2v) is 19.2. The Kier molecular flexibility index (Phi) is 8.63. The standard InChI is InChI=1S/C37H55F3O4S/c1-24-14-18-35(41,19-15-24)23-32(45(43,44)27-8-6-5-7-9-27)25(2)29-12-13-30-28-11-10-26-22-36(42,37(38,39)40)21-20-33(26,3)31(28)16-17-34(29,30)4/h5-9,24-26,28-32,41-42H,10-23H2,1-4H3/t24?,25-,26-,28-,29+,30-,31-,32?,33-,34+,35?,36-/m0/s1. The molecule has 254 valence electrons. The third kappa shape index (κ3) is 5.62. The average Bonchev–Trinajstić information content (AvgIpc) is 3.35. The predicted molar refractivity (Wildman–Crippen MR) is 170 cm³/mol. The molecule has 0 radical (unpaired) electrons. The Balaban J connectivity index is 1.26. The lowest BCUT2D eigenvalue weighted by molar-refractivity contribution is -0.290. The highest BCUT2D eigenvalue weighted by atomic mass is 32.2. The molecule has 45 heavy (non-hydrogen) atoms. The van der Waals surface area contributed by atoms with E-state index >= 15 is 0 Å². The van der Waals surface area contributed by atoms with Crippen LogP contribution < -0.4 is 0 Å². The van der Waals surface area contributed by atoms with E-state index in [0.717, 1.165) is 51.4 Å². The van der Waals surface area contributed by atoms with Crippen LogP contribution in [0, 0.1) is 52.3 Å². The maximum absolute atomic E-state index is 14.4. The third-order valence-corrected chi connectivity index (χ3v) is 17.1. The molecule has 5 aliphatic rings. The quantitative estimate of drug-likeness (QED) is 0.322. The highest BCUT2D eigenvalue weighted by molar-refractivity contribution is 7.92. The van der Waals surface area contributed by atoms with Crippen molar-refractivity contribution in [2.75, 3.05) is 0 Å². The molecule has 0 aliphatic heterocycles. The Bertz CT molecular complexity index is 1320. The van der Waals surface area contributed by atoms with Gasteiger partial charge in [0.25, 0.3) is 0 Å². The molecule has 0 heterocycles. The van der Waals surface area contributed by atoms with Gasteiger partial charge in [-0.2, -0.15) is 13.2 Å². The summed E-state index contributed by atoms with van der Waals surface area (Å²) in [5.41, 5.74) is -3.79. The molecule has 10 atom stereocenters. The van der Waals surface area contributed by atoms with Crippen molar-refractivity contribution in [3.63, 3.8) is 0 Å². The van der Waals surface area contributed by atoms with Gasteiger partial charge in [-0.25, -0.2) is 8.42 Å². The number of aliphatic hydroxyl groups is 2. The first kappa shape index (κ1) is 33.8. The van der Waals surface area contributed by atoms with E-state index in [1.807, 2.05) is 6.07 Å². The highest BCUT2D eigenvalue weighted by Crippen LogP contribution is 2.69. The minimum absolute atomic E-state index is 0.0424. The Hall–Kier alpha value is -1.12. The molecule has 0 spiro atoms. The van der Waals surface area contributed by atoms with Gasteiger partial charge in [-0.15, -0.1) is 0 Å². The van der Waals surface area contributed by atoms with Gasteiger partial charge < -0.3 is 10.2 Å². The maximum atomic E-state index is 14.4. The predicted octanol–water partition coefficient (Wildman–Crippen LogP) is 8.75. The lowest BCUT2D eigenvalue weighted by Gasteiger charge is -2.62. The molecular weight excluding hydrogens is 597 g/mol. The molecule has 5 fully saturated rings. The average molecular weight is 653 g/mol. The van der Waals surface area contributed by atoms with Gasteiger partial charge in [0.1, 0.15) is 0 Å². The summed E-state index contributed by atoms with van der Waals surface area (Å²) in [5, 5.41) is 21.7. The van der Waals surface area contributed by atoms with E-state index in [1.54, 1.807) is 24.3 Å². The van der Waals surface area contributed by atoms with Crippen LogP contribution in [0.4, 0.5) is 13.2 Å². The van der Waals surface area contributed by atoms with Crippen LogP contribution in [0.1, 0.15) is 118 Å². The number of alkyl halides is 3. The number of hydrogen-bond donors (Lipinski definition) is 2. The zero-order valence-electron chi connectivity index (χ0n) is 27.7. The fourth-order valence-corrected chi connectivity index (χ4v) is 14.1. The summed E-state index contributed by atoms with van der Waals surface area (Å²) in [4.78, 5) is 0.334. The van der Waals surface area contributed by atoms with E-state index in [1.165, 1.54) is 0 Å². The molecule has 8 heteroatoms. The Morgan fingerprint density at radius 1 is 0.844 bits per heavy atom. The summed E-state index contributed by atoms with van der Waals surface area (Å²) in [6.45, 7) is 8.91. The van der Waals surface area contributed by atoms with Crippen molar-refractivity contribution in [3.05, 3.63) is 30.3 Å². The molecule has 1 aromatic rings. The van der Waals surface area contributed by atoms with E-state index in [0.29, 0.717) is 47.8 Å². The fourth-order valence-electron chi connectivity index (χ4n) is 11.9. The number of fused-ring (bicyclic) bond motifs is 5. The monoisotopic (exact) mass is 652 g/mol. The lowest BCUT2D eigenvalue weighted by Crippen LogP contribution is -2.59. The van der Waals surface area contributed by atoms with Gasteiger partial charge in [-0.05, 0) is 154 Å². The zero-order chi connectivity index (χ0) is 32.6. The molecule has 0 bridgehead atoms. The first-order valence-corrected chi connectivity index (χ1v) is 19.3. The largest absolute Gasteiger partial charge is 0.417 e. The molecule has 1 unspecified atom stereocenters. The Morgan fingerprint density at radius 2 is 1.49 bits per heavy atom. The minimum atomic E-state index is -4.59. The van der Waals surface area contributed by atoms with Crippen LogP contribution in [0.5, 0.6) is 0 Å². The SMILES string of the molecule is CC1CCC(O)(CC([C@@H](C)[C@H]2CC[C@H]3[C@@H]4CC[C@H]5C[C@](O)(C(F)(F)F)CC[C@]5(C)[C@H]4CC[C@]23C)S(=O)(=O)c2ccccc2)CC1. The van der Waals surface area contributed by atoms with E-state index in [2.05, 4.69) is 27.7 Å². The van der Waals surface area contributed by atoms with Crippen LogP contribution in [0.25, 0.3) is 0 Å². The Labute approximate surface area is 268 Å². The molecule has 4 nitrogen and oxygen atoms in total. The van der Waals surface area contributed by atoms with Crippen LogP contribution in [-0.4, -0.2) is 41.3 Å². The molecule has 1 aromatic carbocycles. The second kappa shape index (κ2) is 11.5. The fraction of sp³-hybridized carbons (Fsp3) is 0.838. The molecule has 0 saturated heterocycles. The van der Waals surface area contributed by atoms with Crippen molar-refractivity contribution >= 4 is 9.84 Å². The van der Waals surface area contributed by atoms with Gasteiger partial charge in [-0.1, -0.05) is 45.9 Å². The van der Waals surface area contributed by atoms with Gasteiger partial charge in [0.15, 0.2) is 15.4 Å². The molecule has 5 saturated carbocycles. The Morgan fingerprint density at radius 3 is 2.13 bits per heavy atom. The van der Waals surface area contributed by atoms with E-state index in [9.17, 15) is 31.8 Å². The second-order valence-electron chi connectivity index (χ2n) is 17.0. The van der Waals surface area contributed by atoms with Crippen molar-refractivity contribution in [3.8, 4) is 0 Å². The van der Waals surface area contributed by atoms with Crippen LogP contribution in [-0.2, 0) is 9.84 Å². The number of benzene rings is 1. The van der Waals surface area contributed by atoms with E-state index in [4.69, 9.17) is 0 Å². The molecule has 6 rings (SSSR count). The summed E-state index contributed by atoms with van der Waals surface area (Å²) in [5.74, 6) is 1.67. The van der Waals surface area contributed by atoms with Crippen molar-refractivity contribution in [2.24, 2.45) is 52.3 Å². The van der Waals surface area contributed by atoms with Crippen molar-refractivity contribution in [1.82, 2.24) is 0 Å². The van der Waals surface area contributed by atoms with Crippen LogP contribution >= 0.6 is 0 Å².